The number of nitrogens with one attached hydrogen (secondary N) is 1. The third-order valence-corrected chi connectivity index (χ3v) is 2.38. The molecule has 0 fully saturated rings. The second-order valence-corrected chi connectivity index (χ2v) is 3.55. The van der Waals surface area contributed by atoms with Crippen molar-refractivity contribution >= 4 is 17.3 Å². The topological polar surface area (TPSA) is 102 Å². The largest absolute Gasteiger partial charge is 0.478 e. The number of hydrogen-bond acceptors (Lipinski definition) is 5. The van der Waals surface area contributed by atoms with Crippen LogP contribution in [0.5, 0.6) is 5.75 Å². The fourth-order valence-electron chi connectivity index (χ4n) is 1.56. The number of nitro groups is 1. The van der Waals surface area contributed by atoms with E-state index in [9.17, 15) is 14.9 Å². The summed E-state index contributed by atoms with van der Waals surface area (Å²) in [5.74, 6) is -0.0410. The van der Waals surface area contributed by atoms with Crippen LogP contribution in [0.4, 0.5) is 11.4 Å². The number of non-ortho nitro benzene ring substituents is 1. The molecule has 90 valence electrons. The standard InChI is InChI=1S/C10H10N2O5/c13-4-3-9-10(14)11-7-5-6(12(15)16)1-2-8(7)17-9/h1-2,5,9,13H,3-4H2,(H,11,14). The van der Waals surface area contributed by atoms with Gasteiger partial charge >= 0.3 is 0 Å². The van der Waals surface area contributed by atoms with E-state index in [0.29, 0.717) is 5.75 Å². The van der Waals surface area contributed by atoms with Crippen molar-refractivity contribution in [1.82, 2.24) is 0 Å². The zero-order valence-electron chi connectivity index (χ0n) is 8.75. The van der Waals surface area contributed by atoms with Gasteiger partial charge < -0.3 is 15.2 Å². The zero-order valence-corrected chi connectivity index (χ0v) is 8.75. The molecule has 2 rings (SSSR count). The Morgan fingerprint density at radius 2 is 2.29 bits per heavy atom. The van der Waals surface area contributed by atoms with Crippen LogP contribution in [0.1, 0.15) is 6.42 Å². The molecule has 2 N–H and O–H groups in total. The highest BCUT2D eigenvalue weighted by atomic mass is 16.6. The third-order valence-electron chi connectivity index (χ3n) is 2.38. The normalized spacial score (nSPS) is 17.9. The highest BCUT2D eigenvalue weighted by molar-refractivity contribution is 5.98. The minimum atomic E-state index is -0.756. The molecule has 0 saturated carbocycles. The lowest BCUT2D eigenvalue weighted by molar-refractivity contribution is -0.384. The van der Waals surface area contributed by atoms with Gasteiger partial charge in [-0.3, -0.25) is 14.9 Å². The summed E-state index contributed by atoms with van der Waals surface area (Å²) in [6, 6.07) is 3.96. The van der Waals surface area contributed by atoms with E-state index in [1.165, 1.54) is 18.2 Å². The Morgan fingerprint density at radius 3 is 2.94 bits per heavy atom. The fraction of sp³-hybridized carbons (Fsp3) is 0.300. The molecule has 1 aliphatic heterocycles. The van der Waals surface area contributed by atoms with Gasteiger partial charge in [-0.2, -0.15) is 0 Å². The molecular weight excluding hydrogens is 228 g/mol. The smallest absolute Gasteiger partial charge is 0.271 e. The molecular formula is C10H10N2O5. The Labute approximate surface area is 96.2 Å². The predicted octanol–water partition coefficient (Wildman–Crippen LogP) is 0.677. The average molecular weight is 238 g/mol. The summed E-state index contributed by atoms with van der Waals surface area (Å²) in [7, 11) is 0. The van der Waals surface area contributed by atoms with Crippen LogP contribution in [0, 0.1) is 10.1 Å². The Bertz CT molecular complexity index is 474. The first-order chi connectivity index (χ1) is 8.11. The molecule has 1 atom stereocenters. The van der Waals surface area contributed by atoms with E-state index in [4.69, 9.17) is 9.84 Å². The third kappa shape index (κ3) is 2.18. The van der Waals surface area contributed by atoms with Gasteiger partial charge in [0.05, 0.1) is 10.6 Å². The van der Waals surface area contributed by atoms with Crippen LogP contribution in [-0.2, 0) is 4.79 Å². The summed E-state index contributed by atoms with van der Waals surface area (Å²) >= 11 is 0. The van der Waals surface area contributed by atoms with Crippen LogP contribution in [0.2, 0.25) is 0 Å². The molecule has 0 aliphatic carbocycles. The Hall–Kier alpha value is -2.15. The number of amides is 1. The van der Waals surface area contributed by atoms with Gasteiger partial charge in [0.15, 0.2) is 6.10 Å². The van der Waals surface area contributed by atoms with E-state index >= 15 is 0 Å². The Morgan fingerprint density at radius 1 is 1.53 bits per heavy atom. The van der Waals surface area contributed by atoms with Gasteiger partial charge in [-0.05, 0) is 6.07 Å². The maximum absolute atomic E-state index is 11.5. The monoisotopic (exact) mass is 238 g/mol. The highest BCUT2D eigenvalue weighted by Gasteiger charge is 2.28. The molecule has 1 aliphatic rings. The number of aliphatic hydroxyl groups is 1. The molecule has 0 aromatic heterocycles. The number of fused-ring (bicyclic) bond motifs is 1. The minimum Gasteiger partial charge on any atom is -0.478 e. The van der Waals surface area contributed by atoms with Gasteiger partial charge in [-0.15, -0.1) is 0 Å². The molecule has 1 unspecified atom stereocenters. The number of nitrogens with zero attached hydrogens (tertiary/aromatic N) is 1. The van der Waals surface area contributed by atoms with E-state index < -0.39 is 16.9 Å². The second kappa shape index (κ2) is 4.38. The van der Waals surface area contributed by atoms with Crippen LogP contribution in [-0.4, -0.2) is 28.6 Å². The van der Waals surface area contributed by atoms with Crippen molar-refractivity contribution in [3.05, 3.63) is 28.3 Å². The van der Waals surface area contributed by atoms with Gasteiger partial charge in [0, 0.05) is 25.2 Å². The van der Waals surface area contributed by atoms with Gasteiger partial charge in [0.1, 0.15) is 5.75 Å². The van der Waals surface area contributed by atoms with Gasteiger partial charge in [-0.1, -0.05) is 0 Å². The van der Waals surface area contributed by atoms with Crippen molar-refractivity contribution in [2.75, 3.05) is 11.9 Å². The summed E-state index contributed by atoms with van der Waals surface area (Å²) in [6.07, 6.45) is -0.573. The molecule has 1 amide bonds. The molecule has 17 heavy (non-hydrogen) atoms. The first kappa shape index (κ1) is 11.3. The van der Waals surface area contributed by atoms with E-state index in [2.05, 4.69) is 5.32 Å². The highest BCUT2D eigenvalue weighted by Crippen LogP contribution is 2.33. The summed E-state index contributed by atoms with van der Waals surface area (Å²) in [5.41, 5.74) is 0.159. The second-order valence-electron chi connectivity index (χ2n) is 3.55. The molecule has 0 radical (unpaired) electrons. The van der Waals surface area contributed by atoms with Crippen molar-refractivity contribution in [1.29, 1.82) is 0 Å². The molecule has 0 spiro atoms. The van der Waals surface area contributed by atoms with Crippen LogP contribution >= 0.6 is 0 Å². The molecule has 1 heterocycles. The number of aliphatic hydroxyl groups excluding tert-OH is 1. The molecule has 0 saturated heterocycles. The fourth-order valence-corrected chi connectivity index (χ4v) is 1.56. The minimum absolute atomic E-state index is 0.117. The predicted molar refractivity (Wildman–Crippen MR) is 57.8 cm³/mol. The maximum atomic E-state index is 11.5. The van der Waals surface area contributed by atoms with E-state index in [1.54, 1.807) is 0 Å². The first-order valence-electron chi connectivity index (χ1n) is 4.98. The summed E-state index contributed by atoms with van der Waals surface area (Å²) in [4.78, 5) is 21.5. The number of carbonyl (C=O) groups is 1. The van der Waals surface area contributed by atoms with Crippen molar-refractivity contribution in [2.45, 2.75) is 12.5 Å². The number of carbonyl (C=O) groups excluding carboxylic acids is 1. The van der Waals surface area contributed by atoms with Crippen LogP contribution in [0.25, 0.3) is 0 Å². The van der Waals surface area contributed by atoms with Gasteiger partial charge in [0.2, 0.25) is 0 Å². The van der Waals surface area contributed by atoms with E-state index in [1.807, 2.05) is 0 Å². The lowest BCUT2D eigenvalue weighted by Crippen LogP contribution is -2.37. The van der Waals surface area contributed by atoms with Crippen LogP contribution in [0.15, 0.2) is 18.2 Å². The molecule has 7 heteroatoms. The average Bonchev–Trinajstić information content (AvgIpc) is 2.29. The number of anilines is 1. The first-order valence-corrected chi connectivity index (χ1v) is 4.98. The zero-order chi connectivity index (χ0) is 12.4. The van der Waals surface area contributed by atoms with Gasteiger partial charge in [-0.25, -0.2) is 0 Å². The number of benzene rings is 1. The molecule has 0 bridgehead atoms. The van der Waals surface area contributed by atoms with Gasteiger partial charge in [0.25, 0.3) is 11.6 Å². The SMILES string of the molecule is O=C1Nc2cc([N+](=O)[O-])ccc2OC1CCO. The van der Waals surface area contributed by atoms with Crippen LogP contribution < -0.4 is 10.1 Å². The number of nitro benzene ring substituents is 1. The summed E-state index contributed by atoms with van der Waals surface area (Å²) in [6.45, 7) is -0.166. The number of ether oxygens (including phenoxy) is 1. The van der Waals surface area contributed by atoms with Crippen LogP contribution in [0.3, 0.4) is 0 Å². The van der Waals surface area contributed by atoms with Crippen molar-refractivity contribution in [2.24, 2.45) is 0 Å². The van der Waals surface area contributed by atoms with E-state index in [0.717, 1.165) is 0 Å². The lowest BCUT2D eigenvalue weighted by atomic mass is 10.1. The number of rotatable bonds is 3. The van der Waals surface area contributed by atoms with Crippen molar-refractivity contribution in [3.8, 4) is 5.75 Å². The van der Waals surface area contributed by atoms with E-state index in [-0.39, 0.29) is 24.4 Å². The molecule has 1 aromatic rings. The van der Waals surface area contributed by atoms with Crippen molar-refractivity contribution in [3.63, 3.8) is 0 Å². The Balaban J connectivity index is 2.28. The quantitative estimate of drug-likeness (QED) is 0.595. The Kier molecular flexibility index (Phi) is 2.92. The maximum Gasteiger partial charge on any atom is 0.271 e. The summed E-state index contributed by atoms with van der Waals surface area (Å²) in [5, 5.41) is 21.8. The number of hydrogen-bond donors (Lipinski definition) is 2. The summed E-state index contributed by atoms with van der Waals surface area (Å²) < 4.78 is 5.32. The van der Waals surface area contributed by atoms with Crippen molar-refractivity contribution < 1.29 is 19.6 Å². The molecule has 1 aromatic carbocycles. The molecule has 7 nitrogen and oxygen atoms in total. The lowest BCUT2D eigenvalue weighted by Gasteiger charge is -2.24.